The van der Waals surface area contributed by atoms with Gasteiger partial charge in [-0.15, -0.1) is 0 Å². The SMILES string of the molecule is COCCN1C(=O)C(CC(=O)Nc2cc(Cl)ccc2OC)SC1=Nc1c(C)cccc1C. The topological polar surface area (TPSA) is 80.2 Å². The van der Waals surface area contributed by atoms with E-state index in [1.165, 1.54) is 18.9 Å². The average Bonchev–Trinajstić information content (AvgIpc) is 3.03. The van der Waals surface area contributed by atoms with Gasteiger partial charge in [-0.3, -0.25) is 14.5 Å². The van der Waals surface area contributed by atoms with Gasteiger partial charge in [0.25, 0.3) is 0 Å². The number of benzene rings is 2. The molecule has 2 aromatic rings. The molecule has 2 amide bonds. The number of para-hydroxylation sites is 1. The highest BCUT2D eigenvalue weighted by Crippen LogP contribution is 2.34. The van der Waals surface area contributed by atoms with Gasteiger partial charge in [-0.25, -0.2) is 4.99 Å². The summed E-state index contributed by atoms with van der Waals surface area (Å²) in [5.41, 5.74) is 3.33. The van der Waals surface area contributed by atoms with E-state index in [0.29, 0.717) is 34.8 Å². The molecule has 0 radical (unpaired) electrons. The van der Waals surface area contributed by atoms with Gasteiger partial charge in [-0.1, -0.05) is 41.6 Å². The van der Waals surface area contributed by atoms with Crippen LogP contribution in [0.2, 0.25) is 5.02 Å². The van der Waals surface area contributed by atoms with Crippen molar-refractivity contribution in [3.63, 3.8) is 0 Å². The molecule has 170 valence electrons. The Morgan fingerprint density at radius 1 is 1.22 bits per heavy atom. The Hall–Kier alpha value is -2.55. The molecule has 1 atom stereocenters. The number of hydrogen-bond acceptors (Lipinski definition) is 6. The largest absolute Gasteiger partial charge is 0.495 e. The van der Waals surface area contributed by atoms with Crippen LogP contribution in [0.25, 0.3) is 0 Å². The van der Waals surface area contributed by atoms with Crippen LogP contribution in [0.1, 0.15) is 17.5 Å². The predicted octanol–water partition coefficient (Wildman–Crippen LogP) is 4.57. The first kappa shape index (κ1) is 24.1. The minimum absolute atomic E-state index is 0.00553. The average molecular weight is 476 g/mol. The maximum absolute atomic E-state index is 13.1. The fraction of sp³-hybridized carbons (Fsp3) is 0.348. The lowest BCUT2D eigenvalue weighted by atomic mass is 10.1. The van der Waals surface area contributed by atoms with Crippen molar-refractivity contribution in [1.82, 2.24) is 4.90 Å². The molecule has 1 fully saturated rings. The van der Waals surface area contributed by atoms with Crippen LogP contribution in [0.5, 0.6) is 5.75 Å². The number of carbonyl (C=O) groups is 2. The van der Waals surface area contributed by atoms with Crippen molar-refractivity contribution in [2.75, 3.05) is 32.7 Å². The molecule has 32 heavy (non-hydrogen) atoms. The molecule has 0 bridgehead atoms. The lowest BCUT2D eigenvalue weighted by Crippen LogP contribution is -2.35. The number of anilines is 1. The van der Waals surface area contributed by atoms with Gasteiger partial charge < -0.3 is 14.8 Å². The molecule has 0 spiro atoms. The molecule has 1 aliphatic rings. The smallest absolute Gasteiger partial charge is 0.242 e. The third kappa shape index (κ3) is 5.62. The van der Waals surface area contributed by atoms with Crippen LogP contribution in [-0.2, 0) is 14.3 Å². The standard InChI is InChI=1S/C23H26ClN3O4S/c1-14-6-5-7-15(2)21(14)26-23-27(10-11-30-3)22(29)19(32-23)13-20(28)25-17-12-16(24)8-9-18(17)31-4/h5-9,12,19H,10-11,13H2,1-4H3,(H,25,28). The van der Waals surface area contributed by atoms with Gasteiger partial charge in [0.05, 0.1) is 31.6 Å². The quantitative estimate of drug-likeness (QED) is 0.604. The zero-order valence-electron chi connectivity index (χ0n) is 18.5. The van der Waals surface area contributed by atoms with Crippen molar-refractivity contribution in [2.24, 2.45) is 4.99 Å². The number of methoxy groups -OCH3 is 2. The molecule has 9 heteroatoms. The summed E-state index contributed by atoms with van der Waals surface area (Å²) in [6, 6.07) is 10.9. The van der Waals surface area contributed by atoms with Crippen LogP contribution >= 0.6 is 23.4 Å². The Morgan fingerprint density at radius 3 is 2.59 bits per heavy atom. The molecule has 0 aromatic heterocycles. The van der Waals surface area contributed by atoms with E-state index in [9.17, 15) is 9.59 Å². The Labute approximate surface area is 197 Å². The summed E-state index contributed by atoms with van der Waals surface area (Å²) >= 11 is 7.33. The third-order valence-electron chi connectivity index (χ3n) is 4.99. The molecule has 1 saturated heterocycles. The number of halogens is 1. The summed E-state index contributed by atoms with van der Waals surface area (Å²) in [6.07, 6.45) is -0.00553. The number of ether oxygens (including phenoxy) is 2. The minimum Gasteiger partial charge on any atom is -0.495 e. The van der Waals surface area contributed by atoms with Crippen LogP contribution in [-0.4, -0.2) is 54.5 Å². The molecule has 0 aliphatic carbocycles. The van der Waals surface area contributed by atoms with E-state index < -0.39 is 5.25 Å². The first-order valence-corrected chi connectivity index (χ1v) is 11.3. The van der Waals surface area contributed by atoms with E-state index in [0.717, 1.165) is 16.8 Å². The van der Waals surface area contributed by atoms with E-state index in [-0.39, 0.29) is 18.2 Å². The summed E-state index contributed by atoms with van der Waals surface area (Å²) in [5.74, 6) is 0.0221. The second kappa shape index (κ2) is 10.8. The van der Waals surface area contributed by atoms with Gasteiger partial charge in [0, 0.05) is 18.6 Å². The number of aliphatic imine (C=N–C) groups is 1. The fourth-order valence-corrected chi connectivity index (χ4v) is 4.68. The van der Waals surface area contributed by atoms with Gasteiger partial charge in [0.2, 0.25) is 11.8 Å². The maximum Gasteiger partial charge on any atom is 0.242 e. The molecule has 1 heterocycles. The molecular weight excluding hydrogens is 450 g/mol. The first-order valence-electron chi connectivity index (χ1n) is 10.1. The summed E-state index contributed by atoms with van der Waals surface area (Å²) in [7, 11) is 3.10. The highest BCUT2D eigenvalue weighted by molar-refractivity contribution is 8.15. The number of nitrogens with one attached hydrogen (secondary N) is 1. The van der Waals surface area contributed by atoms with Gasteiger partial charge in [-0.05, 0) is 43.2 Å². The van der Waals surface area contributed by atoms with Crippen molar-refractivity contribution < 1.29 is 19.1 Å². The number of amides is 2. The Balaban J connectivity index is 1.80. The van der Waals surface area contributed by atoms with E-state index in [2.05, 4.69) is 5.32 Å². The number of rotatable bonds is 8. The van der Waals surface area contributed by atoms with E-state index in [4.69, 9.17) is 26.1 Å². The zero-order chi connectivity index (χ0) is 23.3. The number of aryl methyl sites for hydroxylation is 2. The van der Waals surface area contributed by atoms with Crippen molar-refractivity contribution in [2.45, 2.75) is 25.5 Å². The predicted molar refractivity (Wildman–Crippen MR) is 129 cm³/mol. The zero-order valence-corrected chi connectivity index (χ0v) is 20.0. The molecule has 1 aliphatic heterocycles. The van der Waals surface area contributed by atoms with E-state index in [1.807, 2.05) is 32.0 Å². The monoisotopic (exact) mass is 475 g/mol. The van der Waals surface area contributed by atoms with E-state index in [1.54, 1.807) is 30.2 Å². The molecule has 7 nitrogen and oxygen atoms in total. The van der Waals surface area contributed by atoms with Crippen LogP contribution in [0.4, 0.5) is 11.4 Å². The molecule has 0 saturated carbocycles. The van der Waals surface area contributed by atoms with Gasteiger partial charge in [-0.2, -0.15) is 0 Å². The molecule has 1 N–H and O–H groups in total. The van der Waals surface area contributed by atoms with E-state index >= 15 is 0 Å². The lowest BCUT2D eigenvalue weighted by Gasteiger charge is -2.16. The van der Waals surface area contributed by atoms with Crippen LogP contribution in [0.15, 0.2) is 41.4 Å². The van der Waals surface area contributed by atoms with Crippen molar-refractivity contribution in [3.8, 4) is 5.75 Å². The number of thioether (sulfide) groups is 1. The minimum atomic E-state index is -0.583. The van der Waals surface area contributed by atoms with Crippen LogP contribution < -0.4 is 10.1 Å². The molecule has 3 rings (SSSR count). The first-order chi connectivity index (χ1) is 15.3. The van der Waals surface area contributed by atoms with Gasteiger partial charge in [0.1, 0.15) is 11.0 Å². The molecule has 2 aromatic carbocycles. The summed E-state index contributed by atoms with van der Waals surface area (Å²) < 4.78 is 10.4. The maximum atomic E-state index is 13.1. The second-order valence-corrected chi connectivity index (χ2v) is 8.93. The summed E-state index contributed by atoms with van der Waals surface area (Å²) in [4.78, 5) is 32.2. The Morgan fingerprint density at radius 2 is 1.94 bits per heavy atom. The summed E-state index contributed by atoms with van der Waals surface area (Å²) in [5, 5.41) is 3.26. The Kier molecular flexibility index (Phi) is 8.17. The van der Waals surface area contributed by atoms with Crippen LogP contribution in [0, 0.1) is 13.8 Å². The normalized spacial score (nSPS) is 17.2. The number of hydrogen-bond donors (Lipinski definition) is 1. The fourth-order valence-electron chi connectivity index (χ4n) is 3.34. The second-order valence-electron chi connectivity index (χ2n) is 7.32. The summed E-state index contributed by atoms with van der Waals surface area (Å²) in [6.45, 7) is 4.70. The van der Waals surface area contributed by atoms with Crippen molar-refractivity contribution in [3.05, 3.63) is 52.5 Å². The molecular formula is C23H26ClN3O4S. The number of carbonyl (C=O) groups excluding carboxylic acids is 2. The van der Waals surface area contributed by atoms with Crippen molar-refractivity contribution >= 4 is 51.7 Å². The van der Waals surface area contributed by atoms with Gasteiger partial charge in [0.15, 0.2) is 5.17 Å². The molecule has 1 unspecified atom stereocenters. The number of amidine groups is 1. The van der Waals surface area contributed by atoms with Gasteiger partial charge >= 0.3 is 0 Å². The lowest BCUT2D eigenvalue weighted by molar-refractivity contribution is -0.128. The highest BCUT2D eigenvalue weighted by atomic mass is 35.5. The highest BCUT2D eigenvalue weighted by Gasteiger charge is 2.39. The third-order valence-corrected chi connectivity index (χ3v) is 6.40. The van der Waals surface area contributed by atoms with Crippen molar-refractivity contribution in [1.29, 1.82) is 0 Å². The van der Waals surface area contributed by atoms with Crippen LogP contribution in [0.3, 0.4) is 0 Å². The Bertz CT molecular complexity index is 1020. The number of nitrogens with zero attached hydrogens (tertiary/aromatic N) is 2.